The molecule has 0 radical (unpaired) electrons. The first-order valence-electron chi connectivity index (χ1n) is 5.61. The largest absolute Gasteiger partial charge is 0.497 e. The lowest BCUT2D eigenvalue weighted by molar-refractivity contribution is 0.0697. The summed E-state index contributed by atoms with van der Waals surface area (Å²) < 4.78 is 5.02. The molecule has 0 amide bonds. The Hall–Kier alpha value is -1.13. The van der Waals surface area contributed by atoms with Crippen molar-refractivity contribution in [3.8, 4) is 16.9 Å². The summed E-state index contributed by atoms with van der Waals surface area (Å²) in [5.74, 6) is -0.747. The lowest BCUT2D eigenvalue weighted by Gasteiger charge is -2.14. The Bertz CT molecular complexity index is 702. The van der Waals surface area contributed by atoms with Crippen LogP contribution in [0.15, 0.2) is 24.3 Å². The summed E-state index contributed by atoms with van der Waals surface area (Å²) >= 11 is 24.3. The van der Waals surface area contributed by atoms with E-state index in [-0.39, 0.29) is 31.2 Å². The van der Waals surface area contributed by atoms with Crippen molar-refractivity contribution < 1.29 is 14.6 Å². The third kappa shape index (κ3) is 3.06. The molecule has 110 valence electrons. The van der Waals surface area contributed by atoms with Gasteiger partial charge in [0.2, 0.25) is 0 Å². The van der Waals surface area contributed by atoms with Crippen LogP contribution in [0, 0.1) is 0 Å². The Morgan fingerprint density at radius 3 is 2.10 bits per heavy atom. The smallest absolute Gasteiger partial charge is 0.336 e. The molecule has 0 spiro atoms. The third-order valence-corrected chi connectivity index (χ3v) is 4.41. The number of hydrogen-bond acceptors (Lipinski definition) is 2. The van der Waals surface area contributed by atoms with Crippen molar-refractivity contribution in [2.24, 2.45) is 0 Å². The molecule has 0 saturated heterocycles. The minimum absolute atomic E-state index is 0.0171. The van der Waals surface area contributed by atoms with Gasteiger partial charge < -0.3 is 9.84 Å². The number of benzene rings is 2. The van der Waals surface area contributed by atoms with Gasteiger partial charge in [-0.15, -0.1) is 0 Å². The van der Waals surface area contributed by atoms with Gasteiger partial charge in [-0.25, -0.2) is 4.79 Å². The Morgan fingerprint density at radius 2 is 1.62 bits per heavy atom. The summed E-state index contributed by atoms with van der Waals surface area (Å²) in [7, 11) is 1.44. The fourth-order valence-corrected chi connectivity index (χ4v) is 2.87. The van der Waals surface area contributed by atoms with Gasteiger partial charge in [0.1, 0.15) is 5.75 Å². The Labute approximate surface area is 141 Å². The van der Waals surface area contributed by atoms with Crippen molar-refractivity contribution in [1.82, 2.24) is 0 Å². The molecule has 2 rings (SSSR count). The first kappa shape index (κ1) is 16.2. The van der Waals surface area contributed by atoms with E-state index >= 15 is 0 Å². The minimum atomic E-state index is -1.15. The molecule has 0 fully saturated rings. The quantitative estimate of drug-likeness (QED) is 0.712. The van der Waals surface area contributed by atoms with Crippen molar-refractivity contribution in [3.05, 3.63) is 49.9 Å². The molecule has 7 heteroatoms. The van der Waals surface area contributed by atoms with E-state index in [0.717, 1.165) is 0 Å². The van der Waals surface area contributed by atoms with Crippen molar-refractivity contribution in [2.75, 3.05) is 7.11 Å². The van der Waals surface area contributed by atoms with E-state index in [4.69, 9.17) is 51.1 Å². The van der Waals surface area contributed by atoms with Gasteiger partial charge in [-0.2, -0.15) is 0 Å². The lowest BCUT2D eigenvalue weighted by atomic mass is 9.99. The molecular formula is C14H8Cl4O3. The van der Waals surface area contributed by atoms with Crippen LogP contribution >= 0.6 is 46.4 Å². The van der Waals surface area contributed by atoms with E-state index in [1.807, 2.05) is 0 Å². The molecule has 0 atom stereocenters. The summed E-state index contributed by atoms with van der Waals surface area (Å²) in [5, 5.41) is 10.0. The number of halogens is 4. The molecular weight excluding hydrogens is 358 g/mol. The van der Waals surface area contributed by atoms with Crippen LogP contribution in [0.3, 0.4) is 0 Å². The van der Waals surface area contributed by atoms with Crippen LogP contribution in [0.25, 0.3) is 11.1 Å². The zero-order valence-corrected chi connectivity index (χ0v) is 13.6. The predicted octanol–water partition coefficient (Wildman–Crippen LogP) is 5.67. The fraction of sp³-hybridized carbons (Fsp3) is 0.0714. The van der Waals surface area contributed by atoms with Crippen molar-refractivity contribution in [3.63, 3.8) is 0 Å². The van der Waals surface area contributed by atoms with Crippen molar-refractivity contribution >= 4 is 52.4 Å². The number of hydrogen-bond donors (Lipinski definition) is 1. The van der Waals surface area contributed by atoms with Crippen LogP contribution in [-0.2, 0) is 0 Å². The van der Waals surface area contributed by atoms with Crippen molar-refractivity contribution in [1.29, 1.82) is 0 Å². The maximum absolute atomic E-state index is 11.4. The number of aromatic carboxylic acids is 1. The van der Waals surface area contributed by atoms with E-state index in [1.54, 1.807) is 12.1 Å². The summed E-state index contributed by atoms with van der Waals surface area (Å²) in [6.45, 7) is 0. The highest BCUT2D eigenvalue weighted by molar-refractivity contribution is 6.50. The summed E-state index contributed by atoms with van der Waals surface area (Å²) in [4.78, 5) is 11.4. The average Bonchev–Trinajstić information content (AvgIpc) is 2.45. The van der Waals surface area contributed by atoms with Crippen LogP contribution in [-0.4, -0.2) is 18.2 Å². The molecule has 21 heavy (non-hydrogen) atoms. The van der Waals surface area contributed by atoms with Gasteiger partial charge in [0.25, 0.3) is 0 Å². The maximum Gasteiger partial charge on any atom is 0.336 e. The second-order valence-electron chi connectivity index (χ2n) is 4.06. The normalized spacial score (nSPS) is 10.5. The second-order valence-corrected chi connectivity index (χ2v) is 5.63. The van der Waals surface area contributed by atoms with E-state index in [0.29, 0.717) is 11.3 Å². The summed E-state index contributed by atoms with van der Waals surface area (Å²) in [6.07, 6.45) is 0. The van der Waals surface area contributed by atoms with Gasteiger partial charge in [0, 0.05) is 5.56 Å². The fourth-order valence-electron chi connectivity index (χ4n) is 1.85. The maximum atomic E-state index is 11.4. The van der Waals surface area contributed by atoms with Gasteiger partial charge in [-0.3, -0.25) is 0 Å². The number of methoxy groups -OCH3 is 1. The molecule has 0 aliphatic heterocycles. The Balaban J connectivity index is 2.82. The molecule has 0 aliphatic rings. The van der Waals surface area contributed by atoms with Gasteiger partial charge in [-0.05, 0) is 29.8 Å². The zero-order chi connectivity index (χ0) is 15.7. The predicted molar refractivity (Wildman–Crippen MR) is 85.4 cm³/mol. The van der Waals surface area contributed by atoms with Crippen LogP contribution in [0.2, 0.25) is 20.1 Å². The zero-order valence-electron chi connectivity index (χ0n) is 10.6. The average molecular weight is 366 g/mol. The van der Waals surface area contributed by atoms with Crippen molar-refractivity contribution in [2.45, 2.75) is 0 Å². The summed E-state index contributed by atoms with van der Waals surface area (Å²) in [5.41, 5.74) is 0.565. The first-order valence-corrected chi connectivity index (χ1v) is 7.12. The van der Waals surface area contributed by atoms with Crippen LogP contribution in [0.4, 0.5) is 0 Å². The van der Waals surface area contributed by atoms with Crippen LogP contribution < -0.4 is 4.74 Å². The van der Waals surface area contributed by atoms with Crippen LogP contribution in [0.1, 0.15) is 10.4 Å². The molecule has 2 aromatic rings. The van der Waals surface area contributed by atoms with E-state index in [2.05, 4.69) is 0 Å². The van der Waals surface area contributed by atoms with E-state index < -0.39 is 5.97 Å². The summed E-state index contributed by atoms with van der Waals surface area (Å²) in [6, 6.07) is 5.92. The van der Waals surface area contributed by atoms with E-state index in [1.165, 1.54) is 19.2 Å². The van der Waals surface area contributed by atoms with Gasteiger partial charge in [0.05, 0.1) is 32.8 Å². The molecule has 0 aromatic heterocycles. The standard InChI is InChI=1S/C14H8Cl4O3/c1-21-6-2-3-7(8(4-6)14(19)20)11-12(17)9(15)5-10(16)13(11)18/h2-5H,1H3,(H,19,20). The number of carbonyl (C=O) groups is 1. The molecule has 0 saturated carbocycles. The molecule has 0 unspecified atom stereocenters. The topological polar surface area (TPSA) is 46.5 Å². The number of carboxylic acid groups (broad SMARTS) is 1. The molecule has 0 aliphatic carbocycles. The van der Waals surface area contributed by atoms with E-state index in [9.17, 15) is 9.90 Å². The highest BCUT2D eigenvalue weighted by atomic mass is 35.5. The molecule has 2 aromatic carbocycles. The molecule has 3 nitrogen and oxygen atoms in total. The lowest BCUT2D eigenvalue weighted by Crippen LogP contribution is -2.01. The monoisotopic (exact) mass is 364 g/mol. The second kappa shape index (κ2) is 6.32. The Kier molecular flexibility index (Phi) is 4.89. The SMILES string of the molecule is COc1ccc(-c2c(Cl)c(Cl)cc(Cl)c2Cl)c(C(=O)O)c1. The molecule has 0 heterocycles. The first-order chi connectivity index (χ1) is 9.86. The highest BCUT2D eigenvalue weighted by Gasteiger charge is 2.21. The highest BCUT2D eigenvalue weighted by Crippen LogP contribution is 2.44. The number of ether oxygens (including phenoxy) is 1. The number of rotatable bonds is 3. The minimum Gasteiger partial charge on any atom is -0.497 e. The van der Waals surface area contributed by atoms with Gasteiger partial charge in [0.15, 0.2) is 0 Å². The molecule has 1 N–H and O–H groups in total. The van der Waals surface area contributed by atoms with Gasteiger partial charge >= 0.3 is 5.97 Å². The third-order valence-electron chi connectivity index (χ3n) is 2.84. The van der Waals surface area contributed by atoms with Crippen LogP contribution in [0.5, 0.6) is 5.75 Å². The molecule has 0 bridgehead atoms. The Morgan fingerprint density at radius 1 is 1.05 bits per heavy atom. The van der Waals surface area contributed by atoms with Gasteiger partial charge in [-0.1, -0.05) is 46.4 Å². The number of carboxylic acids is 1.